The summed E-state index contributed by atoms with van der Waals surface area (Å²) < 4.78 is 6.11. The van der Waals surface area contributed by atoms with Crippen LogP contribution in [-0.2, 0) is 6.54 Å². The van der Waals surface area contributed by atoms with E-state index in [2.05, 4.69) is 26.6 Å². The fourth-order valence-corrected chi connectivity index (χ4v) is 1.95. The molecule has 2 nitrogen and oxygen atoms in total. The fourth-order valence-electron chi connectivity index (χ4n) is 1.00. The van der Waals surface area contributed by atoms with Crippen molar-refractivity contribution < 1.29 is 4.42 Å². The van der Waals surface area contributed by atoms with E-state index in [9.17, 15) is 0 Å². The van der Waals surface area contributed by atoms with Crippen LogP contribution >= 0.6 is 27.3 Å². The predicted octanol–water partition coefficient (Wildman–Crippen LogP) is 3.72. The monoisotopic (exact) mass is 257 g/mol. The number of furan rings is 1. The van der Waals surface area contributed by atoms with E-state index in [1.807, 2.05) is 23.6 Å². The van der Waals surface area contributed by atoms with Crippen LogP contribution in [0.15, 0.2) is 38.0 Å². The van der Waals surface area contributed by atoms with Crippen molar-refractivity contribution in [2.24, 2.45) is 0 Å². The van der Waals surface area contributed by atoms with Crippen molar-refractivity contribution in [2.75, 3.05) is 5.32 Å². The average Bonchev–Trinajstić information content (AvgIpc) is 2.71. The maximum atomic E-state index is 5.34. The molecule has 0 unspecified atom stereocenters. The van der Waals surface area contributed by atoms with Gasteiger partial charge in [0.15, 0.2) is 4.67 Å². The number of rotatable bonds is 3. The Morgan fingerprint density at radius 3 is 2.92 bits per heavy atom. The number of hydrogen-bond acceptors (Lipinski definition) is 3. The second-order valence-corrected chi connectivity index (χ2v) is 4.13. The zero-order valence-electron chi connectivity index (χ0n) is 6.79. The van der Waals surface area contributed by atoms with E-state index in [-0.39, 0.29) is 0 Å². The van der Waals surface area contributed by atoms with Crippen molar-refractivity contribution in [1.82, 2.24) is 0 Å². The molecule has 0 atom stereocenters. The number of halogens is 1. The van der Waals surface area contributed by atoms with Gasteiger partial charge in [0.25, 0.3) is 0 Å². The Hall–Kier alpha value is -0.740. The van der Waals surface area contributed by atoms with Crippen LogP contribution in [0.3, 0.4) is 0 Å². The minimum absolute atomic E-state index is 0.725. The van der Waals surface area contributed by atoms with Gasteiger partial charge < -0.3 is 9.73 Å². The zero-order chi connectivity index (χ0) is 9.10. The van der Waals surface area contributed by atoms with Gasteiger partial charge in [0, 0.05) is 11.1 Å². The van der Waals surface area contributed by atoms with Crippen LogP contribution in [0.2, 0.25) is 0 Å². The Morgan fingerprint density at radius 2 is 2.31 bits per heavy atom. The first-order chi connectivity index (χ1) is 6.34. The number of hydrogen-bond donors (Lipinski definition) is 1. The lowest BCUT2D eigenvalue weighted by Crippen LogP contribution is -1.95. The molecule has 2 heterocycles. The van der Waals surface area contributed by atoms with E-state index in [0.717, 1.165) is 22.7 Å². The molecule has 13 heavy (non-hydrogen) atoms. The van der Waals surface area contributed by atoms with Gasteiger partial charge in [-0.25, -0.2) is 0 Å². The molecule has 1 N–H and O–H groups in total. The van der Waals surface area contributed by atoms with Crippen LogP contribution in [0, 0.1) is 0 Å². The second kappa shape index (κ2) is 3.98. The van der Waals surface area contributed by atoms with E-state index in [1.165, 1.54) is 0 Å². The third-order valence-electron chi connectivity index (χ3n) is 1.62. The minimum Gasteiger partial charge on any atom is -0.452 e. The highest BCUT2D eigenvalue weighted by molar-refractivity contribution is 9.10. The largest absolute Gasteiger partial charge is 0.452 e. The van der Waals surface area contributed by atoms with E-state index in [4.69, 9.17) is 4.42 Å². The molecule has 0 aliphatic carbocycles. The lowest BCUT2D eigenvalue weighted by Gasteiger charge is -1.99. The number of thiophene rings is 1. The van der Waals surface area contributed by atoms with Gasteiger partial charge in [0.2, 0.25) is 0 Å². The van der Waals surface area contributed by atoms with Crippen LogP contribution in [0.5, 0.6) is 0 Å². The van der Waals surface area contributed by atoms with Crippen molar-refractivity contribution in [3.05, 3.63) is 39.4 Å². The first kappa shape index (κ1) is 8.84. The maximum Gasteiger partial charge on any atom is 0.169 e. The topological polar surface area (TPSA) is 25.2 Å². The molecule has 0 aromatic carbocycles. The summed E-state index contributed by atoms with van der Waals surface area (Å²) in [7, 11) is 0. The van der Waals surface area contributed by atoms with Gasteiger partial charge in [0.05, 0.1) is 6.54 Å². The van der Waals surface area contributed by atoms with Crippen molar-refractivity contribution in [3.63, 3.8) is 0 Å². The number of nitrogens with one attached hydrogen (secondary N) is 1. The first-order valence-corrected chi connectivity index (χ1v) is 5.58. The van der Waals surface area contributed by atoms with Crippen LogP contribution in [-0.4, -0.2) is 0 Å². The molecule has 0 saturated heterocycles. The van der Waals surface area contributed by atoms with E-state index < -0.39 is 0 Å². The first-order valence-electron chi connectivity index (χ1n) is 3.85. The second-order valence-electron chi connectivity index (χ2n) is 2.57. The van der Waals surface area contributed by atoms with E-state index >= 15 is 0 Å². The van der Waals surface area contributed by atoms with Crippen molar-refractivity contribution in [1.29, 1.82) is 0 Å². The molecule has 0 bridgehead atoms. The Bertz CT molecular complexity index is 369. The molecule has 68 valence electrons. The van der Waals surface area contributed by atoms with Gasteiger partial charge in [-0.05, 0) is 39.5 Å². The van der Waals surface area contributed by atoms with Gasteiger partial charge >= 0.3 is 0 Å². The lowest BCUT2D eigenvalue weighted by molar-refractivity contribution is 0.495. The summed E-state index contributed by atoms with van der Waals surface area (Å²) in [5, 5.41) is 7.36. The third kappa shape index (κ3) is 2.35. The molecule has 0 saturated carbocycles. The molecular weight excluding hydrogens is 250 g/mol. The van der Waals surface area contributed by atoms with Gasteiger partial charge in [-0.2, -0.15) is 11.3 Å². The van der Waals surface area contributed by atoms with Gasteiger partial charge in [0.1, 0.15) is 5.76 Å². The zero-order valence-corrected chi connectivity index (χ0v) is 9.19. The molecule has 0 radical (unpaired) electrons. The molecular formula is C9H8BrNOS. The average molecular weight is 258 g/mol. The molecule has 2 aromatic heterocycles. The maximum absolute atomic E-state index is 5.34. The Morgan fingerprint density at radius 1 is 1.38 bits per heavy atom. The highest BCUT2D eigenvalue weighted by Gasteiger charge is 1.98. The van der Waals surface area contributed by atoms with Crippen LogP contribution < -0.4 is 5.32 Å². The van der Waals surface area contributed by atoms with Crippen LogP contribution in [0.25, 0.3) is 0 Å². The summed E-state index contributed by atoms with van der Waals surface area (Å²) in [4.78, 5) is 0. The molecule has 2 rings (SSSR count). The predicted molar refractivity (Wildman–Crippen MR) is 58.1 cm³/mol. The highest BCUT2D eigenvalue weighted by atomic mass is 79.9. The van der Waals surface area contributed by atoms with Gasteiger partial charge in [-0.3, -0.25) is 0 Å². The standard InChI is InChI=1S/C9H8BrNOS/c10-9-2-1-8(12-9)5-11-7-3-4-13-6-7/h1-4,6,11H,5H2. The van der Waals surface area contributed by atoms with Crippen LogP contribution in [0.4, 0.5) is 5.69 Å². The molecule has 0 spiro atoms. The smallest absolute Gasteiger partial charge is 0.169 e. The normalized spacial score (nSPS) is 10.2. The van der Waals surface area contributed by atoms with Gasteiger partial charge in [-0.15, -0.1) is 0 Å². The third-order valence-corrected chi connectivity index (χ3v) is 2.73. The van der Waals surface area contributed by atoms with E-state index in [1.54, 1.807) is 11.3 Å². The molecule has 2 aromatic rings. The van der Waals surface area contributed by atoms with Crippen LogP contribution in [0.1, 0.15) is 5.76 Å². The highest BCUT2D eigenvalue weighted by Crippen LogP contribution is 2.17. The summed E-state index contributed by atoms with van der Waals surface area (Å²) >= 11 is 4.94. The summed E-state index contributed by atoms with van der Waals surface area (Å²) in [6, 6.07) is 5.89. The summed E-state index contributed by atoms with van der Waals surface area (Å²) in [6.45, 7) is 0.725. The molecule has 0 fully saturated rings. The Labute approximate surface area is 88.7 Å². The van der Waals surface area contributed by atoms with Crippen molar-refractivity contribution >= 4 is 33.0 Å². The Balaban J connectivity index is 1.93. The van der Waals surface area contributed by atoms with Gasteiger partial charge in [-0.1, -0.05) is 0 Å². The summed E-state index contributed by atoms with van der Waals surface area (Å²) in [5.74, 6) is 0.929. The van der Waals surface area contributed by atoms with Crippen molar-refractivity contribution in [3.8, 4) is 0 Å². The van der Waals surface area contributed by atoms with E-state index in [0.29, 0.717) is 0 Å². The summed E-state index contributed by atoms with van der Waals surface area (Å²) in [6.07, 6.45) is 0. The molecule has 4 heteroatoms. The molecule has 0 aliphatic heterocycles. The number of anilines is 1. The minimum atomic E-state index is 0.725. The molecule has 0 aliphatic rings. The quantitative estimate of drug-likeness (QED) is 0.907. The Kier molecular flexibility index (Phi) is 2.71. The SMILES string of the molecule is Brc1ccc(CNc2ccsc2)o1. The lowest BCUT2D eigenvalue weighted by atomic mass is 10.4. The fraction of sp³-hybridized carbons (Fsp3) is 0.111. The molecule has 0 amide bonds. The summed E-state index contributed by atoms with van der Waals surface area (Å²) in [5.41, 5.74) is 1.14. The van der Waals surface area contributed by atoms with Crippen molar-refractivity contribution in [2.45, 2.75) is 6.54 Å².